The number of rotatable bonds is 2. The molecule has 2 heteroatoms. The molecular formula is C12H18N2. The van der Waals surface area contributed by atoms with Crippen molar-refractivity contribution in [3.05, 3.63) is 30.1 Å². The normalized spacial score (nSPS) is 27.5. The second kappa shape index (κ2) is 4.56. The van der Waals surface area contributed by atoms with Gasteiger partial charge in [0.15, 0.2) is 0 Å². The van der Waals surface area contributed by atoms with Crippen LogP contribution in [-0.2, 0) is 6.42 Å². The van der Waals surface area contributed by atoms with E-state index in [-0.39, 0.29) is 0 Å². The first-order chi connectivity index (χ1) is 6.86. The van der Waals surface area contributed by atoms with Gasteiger partial charge in [-0.05, 0) is 49.9 Å². The molecule has 1 fully saturated rings. The van der Waals surface area contributed by atoms with Crippen LogP contribution >= 0.6 is 0 Å². The van der Waals surface area contributed by atoms with Gasteiger partial charge in [-0.3, -0.25) is 4.98 Å². The van der Waals surface area contributed by atoms with E-state index >= 15 is 0 Å². The Kier molecular flexibility index (Phi) is 3.14. The van der Waals surface area contributed by atoms with Crippen LogP contribution in [0.3, 0.4) is 0 Å². The molecule has 76 valence electrons. The number of hydrogen-bond acceptors (Lipinski definition) is 2. The number of pyridine rings is 1. The molecule has 14 heavy (non-hydrogen) atoms. The molecule has 0 aliphatic carbocycles. The highest BCUT2D eigenvalue weighted by molar-refractivity contribution is 5.05. The fourth-order valence-corrected chi connectivity index (χ4v) is 2.16. The summed E-state index contributed by atoms with van der Waals surface area (Å²) in [7, 11) is 0. The summed E-state index contributed by atoms with van der Waals surface area (Å²) in [5.41, 5.74) is 1.24. The number of hydrogen-bond donors (Lipinski definition) is 1. The fourth-order valence-electron chi connectivity index (χ4n) is 2.16. The summed E-state index contributed by atoms with van der Waals surface area (Å²) in [5.74, 6) is 1.59. The van der Waals surface area contributed by atoms with Crippen LogP contribution in [0.1, 0.15) is 19.0 Å². The highest BCUT2D eigenvalue weighted by Crippen LogP contribution is 2.22. The van der Waals surface area contributed by atoms with E-state index in [2.05, 4.69) is 29.4 Å². The zero-order valence-corrected chi connectivity index (χ0v) is 8.74. The van der Waals surface area contributed by atoms with E-state index in [1.54, 1.807) is 0 Å². The maximum absolute atomic E-state index is 4.39. The quantitative estimate of drug-likeness (QED) is 0.770. The van der Waals surface area contributed by atoms with Gasteiger partial charge in [-0.25, -0.2) is 0 Å². The molecule has 0 radical (unpaired) electrons. The molecular weight excluding hydrogens is 172 g/mol. The first-order valence-electron chi connectivity index (χ1n) is 5.47. The summed E-state index contributed by atoms with van der Waals surface area (Å²) < 4.78 is 0. The van der Waals surface area contributed by atoms with Gasteiger partial charge in [-0.15, -0.1) is 0 Å². The minimum Gasteiger partial charge on any atom is -0.316 e. The molecule has 2 atom stereocenters. The molecule has 1 aliphatic rings. The highest BCUT2D eigenvalue weighted by atomic mass is 14.9. The van der Waals surface area contributed by atoms with E-state index < -0.39 is 0 Å². The van der Waals surface area contributed by atoms with Crippen molar-refractivity contribution in [2.24, 2.45) is 11.8 Å². The summed E-state index contributed by atoms with van der Waals surface area (Å²) in [6, 6.07) is 6.19. The molecule has 2 heterocycles. The van der Waals surface area contributed by atoms with E-state index in [0.717, 1.165) is 24.8 Å². The summed E-state index contributed by atoms with van der Waals surface area (Å²) in [6.07, 6.45) is 4.32. The molecule has 2 unspecified atom stereocenters. The zero-order valence-electron chi connectivity index (χ0n) is 8.74. The Morgan fingerprint density at radius 1 is 1.50 bits per heavy atom. The monoisotopic (exact) mass is 190 g/mol. The largest absolute Gasteiger partial charge is 0.316 e. The predicted molar refractivity (Wildman–Crippen MR) is 58.1 cm³/mol. The third kappa shape index (κ3) is 2.32. The third-order valence-electron chi connectivity index (χ3n) is 3.16. The van der Waals surface area contributed by atoms with Gasteiger partial charge in [0.25, 0.3) is 0 Å². The van der Waals surface area contributed by atoms with Gasteiger partial charge in [0.05, 0.1) is 0 Å². The standard InChI is InChI=1S/C12H18N2/c1-10-9-13-7-5-11(10)8-12-4-2-3-6-14-12/h2-4,6,10-11,13H,5,7-9H2,1H3. The lowest BCUT2D eigenvalue weighted by Gasteiger charge is -2.29. The van der Waals surface area contributed by atoms with Crippen LogP contribution < -0.4 is 5.32 Å². The zero-order chi connectivity index (χ0) is 9.80. The molecule has 1 aromatic heterocycles. The second-order valence-corrected chi connectivity index (χ2v) is 4.26. The lowest BCUT2D eigenvalue weighted by atomic mass is 9.84. The Hall–Kier alpha value is -0.890. The number of nitrogens with one attached hydrogen (secondary N) is 1. The molecule has 1 N–H and O–H groups in total. The van der Waals surface area contributed by atoms with E-state index in [9.17, 15) is 0 Å². The Morgan fingerprint density at radius 2 is 2.43 bits per heavy atom. The Morgan fingerprint density at radius 3 is 3.14 bits per heavy atom. The van der Waals surface area contributed by atoms with Crippen LogP contribution in [-0.4, -0.2) is 18.1 Å². The summed E-state index contributed by atoms with van der Waals surface area (Å²) in [5, 5.41) is 3.43. The van der Waals surface area contributed by atoms with Crippen molar-refractivity contribution < 1.29 is 0 Å². The minimum absolute atomic E-state index is 0.783. The van der Waals surface area contributed by atoms with Gasteiger partial charge in [0.2, 0.25) is 0 Å². The molecule has 1 saturated heterocycles. The first kappa shape index (κ1) is 9.66. The van der Waals surface area contributed by atoms with Gasteiger partial charge < -0.3 is 5.32 Å². The van der Waals surface area contributed by atoms with Gasteiger partial charge in [-0.1, -0.05) is 13.0 Å². The van der Waals surface area contributed by atoms with Crippen LogP contribution in [0.25, 0.3) is 0 Å². The highest BCUT2D eigenvalue weighted by Gasteiger charge is 2.21. The number of nitrogens with zero attached hydrogens (tertiary/aromatic N) is 1. The van der Waals surface area contributed by atoms with Gasteiger partial charge in [-0.2, -0.15) is 0 Å². The molecule has 2 rings (SSSR count). The maximum atomic E-state index is 4.39. The average Bonchev–Trinajstić information content (AvgIpc) is 2.23. The lowest BCUT2D eigenvalue weighted by molar-refractivity contribution is 0.270. The van der Waals surface area contributed by atoms with Crippen molar-refractivity contribution in [1.29, 1.82) is 0 Å². The van der Waals surface area contributed by atoms with Crippen LogP contribution in [0.4, 0.5) is 0 Å². The average molecular weight is 190 g/mol. The van der Waals surface area contributed by atoms with Crippen LogP contribution in [0, 0.1) is 11.8 Å². The molecule has 0 saturated carbocycles. The Labute approximate surface area is 85.7 Å². The van der Waals surface area contributed by atoms with E-state index in [4.69, 9.17) is 0 Å². The topological polar surface area (TPSA) is 24.9 Å². The fraction of sp³-hybridized carbons (Fsp3) is 0.583. The van der Waals surface area contributed by atoms with E-state index in [1.165, 1.54) is 18.7 Å². The Bertz CT molecular complexity index is 271. The Balaban J connectivity index is 1.96. The van der Waals surface area contributed by atoms with Gasteiger partial charge in [0, 0.05) is 11.9 Å². The van der Waals surface area contributed by atoms with E-state index in [0.29, 0.717) is 0 Å². The van der Waals surface area contributed by atoms with Crippen LogP contribution in [0.5, 0.6) is 0 Å². The van der Waals surface area contributed by atoms with E-state index in [1.807, 2.05) is 12.3 Å². The smallest absolute Gasteiger partial charge is 0.0406 e. The molecule has 0 aromatic carbocycles. The van der Waals surface area contributed by atoms with Crippen molar-refractivity contribution in [1.82, 2.24) is 10.3 Å². The first-order valence-corrected chi connectivity index (χ1v) is 5.47. The molecule has 2 nitrogen and oxygen atoms in total. The number of aromatic nitrogens is 1. The van der Waals surface area contributed by atoms with Gasteiger partial charge >= 0.3 is 0 Å². The van der Waals surface area contributed by atoms with Crippen molar-refractivity contribution >= 4 is 0 Å². The molecule has 0 amide bonds. The second-order valence-electron chi connectivity index (χ2n) is 4.26. The van der Waals surface area contributed by atoms with Crippen LogP contribution in [0.2, 0.25) is 0 Å². The van der Waals surface area contributed by atoms with Crippen LogP contribution in [0.15, 0.2) is 24.4 Å². The van der Waals surface area contributed by atoms with Crippen molar-refractivity contribution in [3.8, 4) is 0 Å². The summed E-state index contributed by atoms with van der Waals surface area (Å²) in [6.45, 7) is 4.67. The third-order valence-corrected chi connectivity index (χ3v) is 3.16. The predicted octanol–water partition coefficient (Wildman–Crippen LogP) is 1.87. The van der Waals surface area contributed by atoms with Crippen molar-refractivity contribution in [3.63, 3.8) is 0 Å². The summed E-state index contributed by atoms with van der Waals surface area (Å²) >= 11 is 0. The maximum Gasteiger partial charge on any atom is 0.0406 e. The molecule has 0 bridgehead atoms. The lowest BCUT2D eigenvalue weighted by Crippen LogP contribution is -2.36. The SMILES string of the molecule is CC1CNCCC1Cc1ccccn1. The molecule has 1 aromatic rings. The van der Waals surface area contributed by atoms with Crippen molar-refractivity contribution in [2.45, 2.75) is 19.8 Å². The summed E-state index contributed by atoms with van der Waals surface area (Å²) in [4.78, 5) is 4.39. The minimum atomic E-state index is 0.783. The number of piperidine rings is 1. The molecule has 1 aliphatic heterocycles. The van der Waals surface area contributed by atoms with Crippen molar-refractivity contribution in [2.75, 3.05) is 13.1 Å². The molecule has 0 spiro atoms. The van der Waals surface area contributed by atoms with Gasteiger partial charge in [0.1, 0.15) is 0 Å².